The van der Waals surface area contributed by atoms with E-state index in [4.69, 9.17) is 23.2 Å². The zero-order chi connectivity index (χ0) is 35.9. The number of nitrogens with zero attached hydrogens (tertiary/aromatic N) is 8. The third-order valence-corrected chi connectivity index (χ3v) is 7.56. The van der Waals surface area contributed by atoms with E-state index in [-0.39, 0.29) is 22.7 Å². The Morgan fingerprint density at radius 1 is 0.560 bits per heavy atom. The third kappa shape index (κ3) is 7.78. The van der Waals surface area contributed by atoms with E-state index in [1.807, 2.05) is 0 Å². The fourth-order valence-electron chi connectivity index (χ4n) is 4.41. The van der Waals surface area contributed by atoms with Crippen molar-refractivity contribution >= 4 is 57.3 Å². The number of para-hydroxylation sites is 2. The molecule has 0 aliphatic heterocycles. The number of nitro groups is 2. The van der Waals surface area contributed by atoms with E-state index < -0.39 is 21.0 Å². The molecule has 0 radical (unpaired) electrons. The van der Waals surface area contributed by atoms with Crippen LogP contribution in [0.25, 0.3) is 11.4 Å². The van der Waals surface area contributed by atoms with E-state index in [2.05, 4.69) is 30.7 Å². The van der Waals surface area contributed by atoms with Crippen molar-refractivity contribution in [2.24, 2.45) is 20.5 Å². The van der Waals surface area contributed by atoms with Crippen LogP contribution in [-0.4, -0.2) is 29.4 Å². The highest BCUT2D eigenvalue weighted by atomic mass is 35.5. The predicted molar refractivity (Wildman–Crippen MR) is 187 cm³/mol. The van der Waals surface area contributed by atoms with Crippen molar-refractivity contribution in [1.29, 1.82) is 0 Å². The summed E-state index contributed by atoms with van der Waals surface area (Å²) in [6.07, 6.45) is 0. The van der Waals surface area contributed by atoms with Gasteiger partial charge in [0.15, 0.2) is 11.4 Å². The number of non-ortho nitro benzene ring substituents is 2. The number of benzene rings is 4. The number of rotatable bonds is 8. The molecule has 0 aliphatic carbocycles. The number of nitro benzene ring substituents is 2. The molecule has 0 amide bonds. The van der Waals surface area contributed by atoms with Crippen LogP contribution < -0.4 is 11.1 Å². The topological polar surface area (TPSA) is 211 Å². The highest BCUT2D eigenvalue weighted by Gasteiger charge is 2.15. The molecule has 0 fully saturated rings. The summed E-state index contributed by atoms with van der Waals surface area (Å²) in [5.74, 6) is 0. The van der Waals surface area contributed by atoms with Crippen molar-refractivity contribution in [2.75, 3.05) is 0 Å². The zero-order valence-electron chi connectivity index (χ0n) is 26.0. The molecule has 16 nitrogen and oxygen atoms in total. The average molecular weight is 716 g/mol. The number of azo groups is 2. The molecule has 0 atom stereocenters. The first kappa shape index (κ1) is 34.8. The second kappa shape index (κ2) is 15.1. The molecule has 252 valence electrons. The zero-order valence-corrected chi connectivity index (χ0v) is 27.5. The molecule has 18 heteroatoms. The van der Waals surface area contributed by atoms with Gasteiger partial charge in [-0.1, -0.05) is 47.5 Å². The molecule has 4 aromatic carbocycles. The lowest BCUT2D eigenvalue weighted by molar-refractivity contribution is -0.385. The molecule has 6 aromatic rings. The molecule has 0 spiro atoms. The van der Waals surface area contributed by atoms with E-state index >= 15 is 0 Å². The summed E-state index contributed by atoms with van der Waals surface area (Å²) < 4.78 is 2.59. The van der Waals surface area contributed by atoms with Crippen LogP contribution in [0.3, 0.4) is 0 Å². The van der Waals surface area contributed by atoms with Crippen LogP contribution in [0.15, 0.2) is 127 Å². The van der Waals surface area contributed by atoms with E-state index in [9.17, 15) is 29.8 Å². The van der Waals surface area contributed by atoms with Crippen LogP contribution in [0.1, 0.15) is 11.4 Å². The summed E-state index contributed by atoms with van der Waals surface area (Å²) in [6, 6.07) is 24.9. The molecular weight excluding hydrogens is 691 g/mol. The highest BCUT2D eigenvalue weighted by Crippen LogP contribution is 2.25. The van der Waals surface area contributed by atoms with E-state index in [1.165, 1.54) is 57.9 Å². The van der Waals surface area contributed by atoms with E-state index in [0.29, 0.717) is 44.2 Å². The average Bonchev–Trinajstić information content (AvgIpc) is 3.55. The first-order valence-corrected chi connectivity index (χ1v) is 15.2. The molecule has 0 saturated heterocycles. The Hall–Kier alpha value is -6.52. The number of hydrogen-bond donors (Lipinski definition) is 2. The standard InChI is InChI=1S/2C16H12ClN5O3/c2*1-10-15(19-18-11-6-8-12(9-7-11)22(24)25)16(23)21(20-10)14-5-3-2-4-13(14)17/h2*2-9,20H,1H3. The minimum absolute atomic E-state index is 0.0437. The Bertz CT molecular complexity index is 2210. The number of aromatic nitrogens is 4. The lowest BCUT2D eigenvalue weighted by Gasteiger charge is -2.02. The van der Waals surface area contributed by atoms with Crippen molar-refractivity contribution in [3.05, 3.63) is 159 Å². The second-order valence-corrected chi connectivity index (χ2v) is 11.1. The smallest absolute Gasteiger partial charge is 0.293 e. The van der Waals surface area contributed by atoms with E-state index in [1.54, 1.807) is 62.4 Å². The number of aryl methyl sites for hydroxylation is 2. The minimum Gasteiger partial charge on any atom is -0.293 e. The fraction of sp³-hybridized carbons (Fsp3) is 0.0625. The maximum Gasteiger partial charge on any atom is 0.299 e. The Kier molecular flexibility index (Phi) is 10.5. The monoisotopic (exact) mass is 714 g/mol. The van der Waals surface area contributed by atoms with Crippen molar-refractivity contribution in [2.45, 2.75) is 13.8 Å². The first-order chi connectivity index (χ1) is 23.9. The van der Waals surface area contributed by atoms with Gasteiger partial charge in [0, 0.05) is 24.3 Å². The molecular formula is C32H24Cl2N10O6. The normalized spacial score (nSPS) is 11.1. The summed E-state index contributed by atoms with van der Waals surface area (Å²) in [5, 5.41) is 43.8. The summed E-state index contributed by atoms with van der Waals surface area (Å²) in [7, 11) is 0. The number of hydrogen-bond acceptors (Lipinski definition) is 10. The molecule has 2 heterocycles. The summed E-state index contributed by atoms with van der Waals surface area (Å²) >= 11 is 12.2. The second-order valence-electron chi connectivity index (χ2n) is 10.3. The van der Waals surface area contributed by atoms with Crippen LogP contribution in [0.2, 0.25) is 10.0 Å². The lowest BCUT2D eigenvalue weighted by atomic mass is 10.3. The fourth-order valence-corrected chi connectivity index (χ4v) is 4.85. The number of halogens is 2. The summed E-state index contributed by atoms with van der Waals surface area (Å²) in [5.41, 5.74) is 2.26. The quantitative estimate of drug-likeness (QED) is 0.0891. The highest BCUT2D eigenvalue weighted by molar-refractivity contribution is 6.32. The van der Waals surface area contributed by atoms with E-state index in [0.717, 1.165) is 0 Å². The Morgan fingerprint density at radius 2 is 0.900 bits per heavy atom. The molecule has 0 aliphatic rings. The van der Waals surface area contributed by atoms with Crippen molar-refractivity contribution in [3.63, 3.8) is 0 Å². The maximum absolute atomic E-state index is 12.5. The van der Waals surface area contributed by atoms with Gasteiger partial charge < -0.3 is 0 Å². The van der Waals surface area contributed by atoms with Gasteiger partial charge in [-0.3, -0.25) is 40.0 Å². The van der Waals surface area contributed by atoms with Gasteiger partial charge in [0.05, 0.1) is 54.0 Å². The molecule has 0 unspecified atom stereocenters. The van der Waals surface area contributed by atoms with Gasteiger partial charge in [-0.2, -0.15) is 10.2 Å². The Morgan fingerprint density at radius 3 is 1.22 bits per heavy atom. The van der Waals surface area contributed by atoms with Crippen LogP contribution in [-0.2, 0) is 0 Å². The number of nitrogens with one attached hydrogen (secondary N) is 2. The van der Waals surface area contributed by atoms with Gasteiger partial charge >= 0.3 is 0 Å². The van der Waals surface area contributed by atoms with Gasteiger partial charge in [0.1, 0.15) is 0 Å². The van der Waals surface area contributed by atoms with Gasteiger partial charge in [0.25, 0.3) is 22.5 Å². The number of H-pyrrole nitrogens is 2. The minimum atomic E-state index is -0.501. The Labute approximate surface area is 291 Å². The predicted octanol–water partition coefficient (Wildman–Crippen LogP) is 8.90. The SMILES string of the molecule is Cc1[nH]n(-c2ccccc2Cl)c(=O)c1N=Nc1ccc([N+](=O)[O-])cc1.Cc1[nH]n(-c2ccccc2Cl)c(=O)c1N=Nc1ccc([N+](=O)[O-])cc1. The van der Waals surface area contributed by atoms with Gasteiger partial charge in [0.2, 0.25) is 0 Å². The first-order valence-electron chi connectivity index (χ1n) is 14.4. The van der Waals surface area contributed by atoms with Gasteiger partial charge in [-0.15, -0.1) is 10.2 Å². The molecule has 2 N–H and O–H groups in total. The maximum atomic E-state index is 12.5. The molecule has 0 bridgehead atoms. The number of aromatic amines is 2. The van der Waals surface area contributed by atoms with Crippen molar-refractivity contribution < 1.29 is 9.85 Å². The van der Waals surface area contributed by atoms with Crippen LogP contribution in [0.5, 0.6) is 0 Å². The lowest BCUT2D eigenvalue weighted by Crippen LogP contribution is -2.14. The van der Waals surface area contributed by atoms with Crippen LogP contribution in [0, 0.1) is 34.1 Å². The van der Waals surface area contributed by atoms with Crippen molar-refractivity contribution in [3.8, 4) is 11.4 Å². The molecule has 50 heavy (non-hydrogen) atoms. The third-order valence-electron chi connectivity index (χ3n) is 6.92. The van der Waals surface area contributed by atoms with Crippen LogP contribution >= 0.6 is 23.2 Å². The van der Waals surface area contributed by atoms with Gasteiger partial charge in [-0.05, 0) is 62.4 Å². The molecule has 2 aromatic heterocycles. The summed E-state index contributed by atoms with van der Waals surface area (Å²) in [4.78, 5) is 45.3. The molecule has 0 saturated carbocycles. The molecule has 6 rings (SSSR count). The summed E-state index contributed by atoms with van der Waals surface area (Å²) in [6.45, 7) is 3.39. The van der Waals surface area contributed by atoms with Crippen molar-refractivity contribution in [1.82, 2.24) is 19.6 Å². The van der Waals surface area contributed by atoms with Crippen LogP contribution in [0.4, 0.5) is 34.1 Å². The van der Waals surface area contributed by atoms with Gasteiger partial charge in [-0.25, -0.2) is 9.36 Å². The largest absolute Gasteiger partial charge is 0.299 e. The Balaban J connectivity index is 0.000000194.